The van der Waals surface area contributed by atoms with Crippen molar-refractivity contribution in [1.29, 1.82) is 0 Å². The molecule has 3 rings (SSSR count). The lowest BCUT2D eigenvalue weighted by Gasteiger charge is -2.25. The largest absolute Gasteiger partial charge is 0.496 e. The van der Waals surface area contributed by atoms with Crippen LogP contribution in [-0.2, 0) is 0 Å². The van der Waals surface area contributed by atoms with Gasteiger partial charge in [0.1, 0.15) is 11.1 Å². The number of hydrogen-bond acceptors (Lipinski definition) is 3. The maximum Gasteiger partial charge on any atom is 0.258 e. The van der Waals surface area contributed by atoms with Crippen LogP contribution in [0.4, 0.5) is 0 Å². The van der Waals surface area contributed by atoms with Gasteiger partial charge in [0.15, 0.2) is 0 Å². The van der Waals surface area contributed by atoms with E-state index >= 15 is 0 Å². The molecule has 1 atom stereocenters. The van der Waals surface area contributed by atoms with Gasteiger partial charge in [-0.1, -0.05) is 41.4 Å². The number of ether oxygens (including phenoxy) is 1. The number of rotatable bonds is 3. The summed E-state index contributed by atoms with van der Waals surface area (Å²) in [7, 11) is 1.57. The molecule has 6 heteroatoms. The molecule has 1 amide bonds. The zero-order valence-electron chi connectivity index (χ0n) is 12.5. The van der Waals surface area contributed by atoms with E-state index < -0.39 is 0 Å². The molecule has 0 aliphatic carbocycles. The number of para-hydroxylation sites is 1. The van der Waals surface area contributed by atoms with Crippen LogP contribution in [0.2, 0.25) is 10.0 Å². The highest BCUT2D eigenvalue weighted by Gasteiger charge is 2.33. The minimum atomic E-state index is -0.114. The van der Waals surface area contributed by atoms with Crippen molar-refractivity contribution in [2.75, 3.05) is 19.4 Å². The molecule has 0 aromatic heterocycles. The van der Waals surface area contributed by atoms with Crippen molar-refractivity contribution in [3.05, 3.63) is 63.6 Å². The quantitative estimate of drug-likeness (QED) is 0.773. The monoisotopic (exact) mass is 367 g/mol. The van der Waals surface area contributed by atoms with E-state index in [1.54, 1.807) is 43.1 Å². The van der Waals surface area contributed by atoms with Crippen LogP contribution in [0.1, 0.15) is 21.3 Å². The van der Waals surface area contributed by atoms with E-state index in [4.69, 9.17) is 27.9 Å². The number of benzene rings is 2. The highest BCUT2D eigenvalue weighted by Crippen LogP contribution is 2.42. The summed E-state index contributed by atoms with van der Waals surface area (Å²) in [5.74, 6) is 1.39. The van der Waals surface area contributed by atoms with Gasteiger partial charge in [-0.05, 0) is 24.3 Å². The topological polar surface area (TPSA) is 29.5 Å². The van der Waals surface area contributed by atoms with Crippen LogP contribution in [0, 0.1) is 0 Å². The highest BCUT2D eigenvalue weighted by atomic mass is 35.5. The Kier molecular flexibility index (Phi) is 5.05. The first-order valence-electron chi connectivity index (χ1n) is 7.12. The minimum absolute atomic E-state index is 0.0523. The zero-order valence-corrected chi connectivity index (χ0v) is 14.8. The number of halogens is 2. The van der Waals surface area contributed by atoms with Gasteiger partial charge in [0.25, 0.3) is 5.91 Å². The SMILES string of the molecule is COc1ccccc1C(=O)N1CCS[C@@H]1c1ccc(Cl)cc1Cl. The normalized spacial score (nSPS) is 17.3. The number of carbonyl (C=O) groups is 1. The Labute approximate surface area is 149 Å². The Bertz CT molecular complexity index is 738. The number of methoxy groups -OCH3 is 1. The molecule has 0 radical (unpaired) electrons. The molecule has 1 aliphatic rings. The number of carbonyl (C=O) groups excluding carboxylic acids is 1. The predicted octanol–water partition coefficient (Wildman–Crippen LogP) is 4.89. The van der Waals surface area contributed by atoms with E-state index in [2.05, 4.69) is 0 Å². The molecule has 0 N–H and O–H groups in total. The summed E-state index contributed by atoms with van der Waals surface area (Å²) < 4.78 is 5.31. The van der Waals surface area contributed by atoms with Crippen LogP contribution in [0.15, 0.2) is 42.5 Å². The minimum Gasteiger partial charge on any atom is -0.496 e. The van der Waals surface area contributed by atoms with Crippen LogP contribution in [-0.4, -0.2) is 30.2 Å². The smallest absolute Gasteiger partial charge is 0.258 e. The molecule has 23 heavy (non-hydrogen) atoms. The Morgan fingerprint density at radius 2 is 2.04 bits per heavy atom. The predicted molar refractivity (Wildman–Crippen MR) is 95.7 cm³/mol. The van der Waals surface area contributed by atoms with Crippen molar-refractivity contribution in [1.82, 2.24) is 4.90 Å². The molecule has 2 aromatic rings. The Morgan fingerprint density at radius 3 is 2.78 bits per heavy atom. The molecular formula is C17H15Cl2NO2S. The Morgan fingerprint density at radius 1 is 1.26 bits per heavy atom. The summed E-state index contributed by atoms with van der Waals surface area (Å²) in [5.41, 5.74) is 1.47. The van der Waals surface area contributed by atoms with Gasteiger partial charge in [0, 0.05) is 27.9 Å². The summed E-state index contributed by atoms with van der Waals surface area (Å²) in [6, 6.07) is 12.7. The summed E-state index contributed by atoms with van der Waals surface area (Å²) >= 11 is 14.0. The van der Waals surface area contributed by atoms with Crippen molar-refractivity contribution in [2.45, 2.75) is 5.37 Å². The second-order valence-corrected chi connectivity index (χ2v) is 7.12. The molecule has 2 aromatic carbocycles. The van der Waals surface area contributed by atoms with Crippen LogP contribution < -0.4 is 4.74 Å². The molecule has 0 unspecified atom stereocenters. The zero-order chi connectivity index (χ0) is 16.4. The third kappa shape index (κ3) is 3.30. The first-order valence-corrected chi connectivity index (χ1v) is 8.93. The van der Waals surface area contributed by atoms with Crippen LogP contribution in [0.25, 0.3) is 0 Å². The van der Waals surface area contributed by atoms with E-state index in [9.17, 15) is 4.79 Å². The molecule has 3 nitrogen and oxygen atoms in total. The van der Waals surface area contributed by atoms with Crippen molar-refractivity contribution in [2.24, 2.45) is 0 Å². The molecule has 1 heterocycles. The van der Waals surface area contributed by atoms with Gasteiger partial charge >= 0.3 is 0 Å². The number of nitrogens with zero attached hydrogens (tertiary/aromatic N) is 1. The third-order valence-corrected chi connectivity index (χ3v) is 5.52. The van der Waals surface area contributed by atoms with Gasteiger partial charge in [-0.2, -0.15) is 0 Å². The third-order valence-electron chi connectivity index (χ3n) is 3.72. The fourth-order valence-corrected chi connectivity index (χ4v) is 4.48. The lowest BCUT2D eigenvalue weighted by Crippen LogP contribution is -2.30. The van der Waals surface area contributed by atoms with E-state index in [0.717, 1.165) is 11.3 Å². The van der Waals surface area contributed by atoms with Gasteiger partial charge in [0.2, 0.25) is 0 Å². The fourth-order valence-electron chi connectivity index (χ4n) is 2.61. The molecule has 0 saturated carbocycles. The summed E-state index contributed by atoms with van der Waals surface area (Å²) in [6.07, 6.45) is 0. The maximum absolute atomic E-state index is 13.0. The molecule has 0 spiro atoms. The molecule has 1 aliphatic heterocycles. The van der Waals surface area contributed by atoms with Crippen molar-refractivity contribution in [3.8, 4) is 5.75 Å². The molecule has 1 fully saturated rings. The van der Waals surface area contributed by atoms with Crippen LogP contribution in [0.3, 0.4) is 0 Å². The average molecular weight is 368 g/mol. The van der Waals surface area contributed by atoms with Crippen LogP contribution in [0.5, 0.6) is 5.75 Å². The van der Waals surface area contributed by atoms with Gasteiger partial charge in [-0.15, -0.1) is 11.8 Å². The molecule has 120 valence electrons. The lowest BCUT2D eigenvalue weighted by molar-refractivity contribution is 0.0757. The number of amides is 1. The van der Waals surface area contributed by atoms with Gasteiger partial charge in [0.05, 0.1) is 12.7 Å². The first kappa shape index (κ1) is 16.5. The van der Waals surface area contributed by atoms with E-state index in [-0.39, 0.29) is 11.3 Å². The highest BCUT2D eigenvalue weighted by molar-refractivity contribution is 7.99. The number of hydrogen-bond donors (Lipinski definition) is 0. The first-order chi connectivity index (χ1) is 11.1. The molecule has 1 saturated heterocycles. The standard InChI is InChI=1S/C17H15Cl2NO2S/c1-22-15-5-3-2-4-13(15)16(21)20-8-9-23-17(20)12-7-6-11(18)10-14(12)19/h2-7,10,17H,8-9H2,1H3/t17-/m1/s1. The second kappa shape index (κ2) is 7.04. The van der Waals surface area contributed by atoms with E-state index in [0.29, 0.717) is 27.9 Å². The van der Waals surface area contributed by atoms with Crippen molar-refractivity contribution in [3.63, 3.8) is 0 Å². The van der Waals surface area contributed by atoms with E-state index in [1.807, 2.05) is 23.1 Å². The second-order valence-electron chi connectivity index (χ2n) is 5.09. The Hall–Kier alpha value is -1.36. The van der Waals surface area contributed by atoms with Gasteiger partial charge in [-0.3, -0.25) is 4.79 Å². The van der Waals surface area contributed by atoms with Gasteiger partial charge in [-0.25, -0.2) is 0 Å². The fraction of sp³-hybridized carbons (Fsp3) is 0.235. The maximum atomic E-state index is 13.0. The summed E-state index contributed by atoms with van der Waals surface area (Å²) in [6.45, 7) is 0.672. The van der Waals surface area contributed by atoms with E-state index in [1.165, 1.54) is 0 Å². The summed E-state index contributed by atoms with van der Waals surface area (Å²) in [4.78, 5) is 14.8. The van der Waals surface area contributed by atoms with Crippen molar-refractivity contribution < 1.29 is 9.53 Å². The average Bonchev–Trinajstić information content (AvgIpc) is 3.03. The molecular weight excluding hydrogens is 353 g/mol. The Balaban J connectivity index is 1.94. The van der Waals surface area contributed by atoms with Crippen molar-refractivity contribution >= 4 is 40.9 Å². The lowest BCUT2D eigenvalue weighted by atomic mass is 10.1. The number of thioether (sulfide) groups is 1. The molecule has 0 bridgehead atoms. The van der Waals surface area contributed by atoms with Crippen LogP contribution >= 0.6 is 35.0 Å². The van der Waals surface area contributed by atoms with Gasteiger partial charge < -0.3 is 9.64 Å². The summed E-state index contributed by atoms with van der Waals surface area (Å²) in [5, 5.41) is 1.05.